The fourth-order valence-corrected chi connectivity index (χ4v) is 1.75. The molecule has 0 unspecified atom stereocenters. The van der Waals surface area contributed by atoms with Crippen LogP contribution >= 0.6 is 11.6 Å². The number of hydrogen-bond acceptors (Lipinski definition) is 4. The molecule has 2 aromatic rings. The molecule has 0 N–H and O–H groups in total. The van der Waals surface area contributed by atoms with E-state index in [1.165, 1.54) is 7.11 Å². The Labute approximate surface area is 102 Å². The molecule has 5 heteroatoms. The van der Waals surface area contributed by atoms with Crippen molar-refractivity contribution in [3.8, 4) is 6.07 Å². The maximum atomic E-state index is 11.5. The zero-order valence-electron chi connectivity index (χ0n) is 8.90. The number of methoxy groups -OCH3 is 1. The maximum absolute atomic E-state index is 11.5. The summed E-state index contributed by atoms with van der Waals surface area (Å²) < 4.78 is 4.63. The minimum atomic E-state index is -0.554. The summed E-state index contributed by atoms with van der Waals surface area (Å²) in [5, 5.41) is 10.3. The number of halogens is 1. The number of fused-ring (bicyclic) bond motifs is 1. The Kier molecular flexibility index (Phi) is 2.94. The van der Waals surface area contributed by atoms with E-state index >= 15 is 0 Å². The molecule has 0 atom stereocenters. The van der Waals surface area contributed by atoms with E-state index in [9.17, 15) is 4.79 Å². The van der Waals surface area contributed by atoms with Crippen LogP contribution in [0.2, 0.25) is 5.15 Å². The Morgan fingerprint density at radius 3 is 2.88 bits per heavy atom. The number of rotatable bonds is 1. The first-order valence-electron chi connectivity index (χ1n) is 4.74. The summed E-state index contributed by atoms with van der Waals surface area (Å²) in [5.41, 5.74) is 0.648. The summed E-state index contributed by atoms with van der Waals surface area (Å²) in [6.45, 7) is 0. The van der Waals surface area contributed by atoms with E-state index in [4.69, 9.17) is 16.9 Å². The molecule has 0 saturated heterocycles. The Balaban J connectivity index is 2.77. The highest BCUT2D eigenvalue weighted by atomic mass is 35.5. The number of esters is 1. The van der Waals surface area contributed by atoms with Crippen LogP contribution in [0.15, 0.2) is 24.3 Å². The van der Waals surface area contributed by atoms with Crippen LogP contribution in [-0.4, -0.2) is 18.1 Å². The summed E-state index contributed by atoms with van der Waals surface area (Å²) in [6, 6.07) is 8.54. The molecule has 1 aromatic carbocycles. The smallest absolute Gasteiger partial charge is 0.357 e. The maximum Gasteiger partial charge on any atom is 0.357 e. The highest BCUT2D eigenvalue weighted by Crippen LogP contribution is 2.22. The van der Waals surface area contributed by atoms with E-state index in [1.54, 1.807) is 24.3 Å². The number of hydrogen-bond donors (Lipinski definition) is 0. The Morgan fingerprint density at radius 2 is 2.24 bits per heavy atom. The summed E-state index contributed by atoms with van der Waals surface area (Å²) in [6.07, 6.45) is 0. The van der Waals surface area contributed by atoms with Crippen molar-refractivity contribution in [2.24, 2.45) is 0 Å². The number of nitrogens with zero attached hydrogens (tertiary/aromatic N) is 2. The lowest BCUT2D eigenvalue weighted by Gasteiger charge is -2.05. The molecular weight excluding hydrogens is 240 g/mol. The van der Waals surface area contributed by atoms with E-state index < -0.39 is 5.97 Å². The van der Waals surface area contributed by atoms with Crippen LogP contribution in [0.4, 0.5) is 0 Å². The van der Waals surface area contributed by atoms with Crippen molar-refractivity contribution in [1.29, 1.82) is 5.26 Å². The molecule has 0 aliphatic carbocycles. The second-order valence-electron chi connectivity index (χ2n) is 3.33. The molecule has 0 saturated carbocycles. The van der Waals surface area contributed by atoms with Gasteiger partial charge < -0.3 is 4.74 Å². The van der Waals surface area contributed by atoms with Gasteiger partial charge in [-0.15, -0.1) is 0 Å². The van der Waals surface area contributed by atoms with Gasteiger partial charge in [0, 0.05) is 5.39 Å². The number of carbonyl (C=O) groups is 1. The average Bonchev–Trinajstić information content (AvgIpc) is 2.35. The monoisotopic (exact) mass is 246 g/mol. The molecule has 84 valence electrons. The molecule has 4 nitrogen and oxygen atoms in total. The van der Waals surface area contributed by atoms with Crippen molar-refractivity contribution in [1.82, 2.24) is 4.98 Å². The van der Waals surface area contributed by atoms with Gasteiger partial charge in [-0.05, 0) is 23.6 Å². The first kappa shape index (κ1) is 11.4. The molecule has 0 aliphatic heterocycles. The van der Waals surface area contributed by atoms with Crippen LogP contribution < -0.4 is 0 Å². The van der Waals surface area contributed by atoms with Gasteiger partial charge in [-0.1, -0.05) is 17.7 Å². The van der Waals surface area contributed by atoms with E-state index in [-0.39, 0.29) is 10.8 Å². The van der Waals surface area contributed by atoms with E-state index in [2.05, 4.69) is 9.72 Å². The second-order valence-corrected chi connectivity index (χ2v) is 3.72. The number of carbonyl (C=O) groups excluding carboxylic acids is 1. The first-order valence-corrected chi connectivity index (χ1v) is 5.12. The SMILES string of the molecule is COC(=O)c1nc(Cl)cc2cc(C#N)ccc12. The minimum Gasteiger partial charge on any atom is -0.464 e. The van der Waals surface area contributed by atoms with Crippen LogP contribution in [0.1, 0.15) is 16.1 Å². The number of nitriles is 1. The molecule has 0 amide bonds. The third-order valence-electron chi connectivity index (χ3n) is 2.31. The standard InChI is InChI=1S/C12H7ClN2O2/c1-17-12(16)11-9-3-2-7(6-14)4-8(9)5-10(13)15-11/h2-5H,1H3. The number of aromatic nitrogens is 1. The highest BCUT2D eigenvalue weighted by molar-refractivity contribution is 6.30. The third kappa shape index (κ3) is 2.05. The van der Waals surface area contributed by atoms with Crippen molar-refractivity contribution in [2.75, 3.05) is 7.11 Å². The zero-order valence-corrected chi connectivity index (χ0v) is 9.65. The fraction of sp³-hybridized carbons (Fsp3) is 0.0833. The van der Waals surface area contributed by atoms with Gasteiger partial charge in [0.15, 0.2) is 5.69 Å². The van der Waals surface area contributed by atoms with E-state index in [0.717, 1.165) is 0 Å². The molecule has 0 radical (unpaired) electrons. The Morgan fingerprint density at radius 1 is 1.47 bits per heavy atom. The fourth-order valence-electron chi connectivity index (χ4n) is 1.55. The topological polar surface area (TPSA) is 63.0 Å². The second kappa shape index (κ2) is 4.40. The summed E-state index contributed by atoms with van der Waals surface area (Å²) in [7, 11) is 1.28. The minimum absolute atomic E-state index is 0.152. The van der Waals surface area contributed by atoms with Crippen LogP contribution in [0.5, 0.6) is 0 Å². The van der Waals surface area contributed by atoms with Gasteiger partial charge in [0.2, 0.25) is 0 Å². The zero-order chi connectivity index (χ0) is 12.4. The van der Waals surface area contributed by atoms with Gasteiger partial charge >= 0.3 is 5.97 Å². The molecule has 1 aromatic heterocycles. The van der Waals surface area contributed by atoms with Crippen molar-refractivity contribution in [2.45, 2.75) is 0 Å². The Bertz CT molecular complexity index is 647. The van der Waals surface area contributed by atoms with Gasteiger partial charge in [0.05, 0.1) is 18.7 Å². The van der Waals surface area contributed by atoms with Crippen molar-refractivity contribution in [3.05, 3.63) is 40.7 Å². The predicted octanol–water partition coefficient (Wildman–Crippen LogP) is 2.55. The van der Waals surface area contributed by atoms with E-state index in [0.29, 0.717) is 16.3 Å². The normalized spacial score (nSPS) is 9.94. The van der Waals surface area contributed by atoms with Crippen LogP contribution in [0.3, 0.4) is 0 Å². The Hall–Kier alpha value is -2.12. The number of benzene rings is 1. The van der Waals surface area contributed by atoms with Crippen LogP contribution in [-0.2, 0) is 4.74 Å². The van der Waals surface area contributed by atoms with Gasteiger partial charge in [-0.2, -0.15) is 5.26 Å². The third-order valence-corrected chi connectivity index (χ3v) is 2.50. The summed E-state index contributed by atoms with van der Waals surface area (Å²) in [5.74, 6) is -0.554. The van der Waals surface area contributed by atoms with Crippen LogP contribution in [0, 0.1) is 11.3 Å². The summed E-state index contributed by atoms with van der Waals surface area (Å²) >= 11 is 5.82. The molecular formula is C12H7ClN2O2. The number of ether oxygens (including phenoxy) is 1. The number of pyridine rings is 1. The van der Waals surface area contributed by atoms with Gasteiger partial charge in [-0.25, -0.2) is 9.78 Å². The lowest BCUT2D eigenvalue weighted by molar-refractivity contribution is 0.0596. The predicted molar refractivity (Wildman–Crippen MR) is 62.8 cm³/mol. The molecule has 17 heavy (non-hydrogen) atoms. The molecule has 0 bridgehead atoms. The summed E-state index contributed by atoms with van der Waals surface area (Å²) in [4.78, 5) is 15.5. The van der Waals surface area contributed by atoms with E-state index in [1.807, 2.05) is 6.07 Å². The van der Waals surface area contributed by atoms with Crippen LogP contribution in [0.25, 0.3) is 10.8 Å². The lowest BCUT2D eigenvalue weighted by atomic mass is 10.1. The van der Waals surface area contributed by atoms with Gasteiger partial charge in [-0.3, -0.25) is 0 Å². The highest BCUT2D eigenvalue weighted by Gasteiger charge is 2.13. The molecule has 0 spiro atoms. The molecule has 2 rings (SSSR count). The van der Waals surface area contributed by atoms with Crippen molar-refractivity contribution in [3.63, 3.8) is 0 Å². The lowest BCUT2D eigenvalue weighted by Crippen LogP contribution is -2.05. The van der Waals surface area contributed by atoms with Crippen molar-refractivity contribution < 1.29 is 9.53 Å². The van der Waals surface area contributed by atoms with Gasteiger partial charge in [0.1, 0.15) is 5.15 Å². The van der Waals surface area contributed by atoms with Crippen molar-refractivity contribution >= 4 is 28.3 Å². The molecule has 0 fully saturated rings. The molecule has 0 aliphatic rings. The first-order chi connectivity index (χ1) is 8.15. The van der Waals surface area contributed by atoms with Gasteiger partial charge in [0.25, 0.3) is 0 Å². The quantitative estimate of drug-likeness (QED) is 0.573. The largest absolute Gasteiger partial charge is 0.464 e. The average molecular weight is 247 g/mol. The molecule has 1 heterocycles.